The summed E-state index contributed by atoms with van der Waals surface area (Å²) in [6.45, 7) is -0.308. The van der Waals surface area contributed by atoms with Crippen LogP contribution in [0.2, 0.25) is 25.1 Å². The van der Waals surface area contributed by atoms with Crippen LogP contribution in [0.1, 0.15) is 6.42 Å². The van der Waals surface area contributed by atoms with Gasteiger partial charge in [0.05, 0.1) is 27.6 Å². The van der Waals surface area contributed by atoms with Crippen LogP contribution >= 0.6 is 58.0 Å². The fourth-order valence-corrected chi connectivity index (χ4v) is 3.08. The average Bonchev–Trinajstić information content (AvgIpc) is 2.77. The summed E-state index contributed by atoms with van der Waals surface area (Å²) in [6, 6.07) is 0. The van der Waals surface area contributed by atoms with E-state index in [-0.39, 0.29) is 56.3 Å². The van der Waals surface area contributed by atoms with E-state index < -0.39 is 12.1 Å². The lowest BCUT2D eigenvalue weighted by molar-refractivity contribution is -0.140. The van der Waals surface area contributed by atoms with Crippen molar-refractivity contribution in [2.24, 2.45) is 0 Å². The Morgan fingerprint density at radius 1 is 1.09 bits per heavy atom. The molecule has 0 spiro atoms. The fourth-order valence-electron chi connectivity index (χ4n) is 1.88. The molecule has 1 aliphatic rings. The van der Waals surface area contributed by atoms with Crippen molar-refractivity contribution in [2.75, 3.05) is 13.1 Å². The number of ether oxygens (including phenoxy) is 1. The van der Waals surface area contributed by atoms with Gasteiger partial charge < -0.3 is 14.7 Å². The number of likely N-dealkylation sites (tertiary alicyclic amines) is 1. The van der Waals surface area contributed by atoms with Crippen molar-refractivity contribution in [1.82, 2.24) is 4.90 Å². The Morgan fingerprint density at radius 3 is 2.05 bits per heavy atom. The van der Waals surface area contributed by atoms with Crippen LogP contribution in [0.3, 0.4) is 0 Å². The van der Waals surface area contributed by atoms with E-state index in [0.29, 0.717) is 0 Å². The van der Waals surface area contributed by atoms with Gasteiger partial charge in [0.1, 0.15) is 16.6 Å². The summed E-state index contributed by atoms with van der Waals surface area (Å²) in [5.74, 6) is -1.39. The molecule has 120 valence electrons. The highest BCUT2D eigenvalue weighted by Gasteiger charge is 2.30. The second-order valence-corrected chi connectivity index (χ2v) is 6.40. The van der Waals surface area contributed by atoms with E-state index in [9.17, 15) is 14.7 Å². The number of halogens is 5. The van der Waals surface area contributed by atoms with Crippen LogP contribution in [0.4, 0.5) is 0 Å². The minimum Gasteiger partial charge on any atom is -0.422 e. The number of esters is 1. The number of hydrogen-bond acceptors (Lipinski definition) is 4. The Balaban J connectivity index is 2.17. The van der Waals surface area contributed by atoms with Gasteiger partial charge in [-0.15, -0.1) is 0 Å². The maximum atomic E-state index is 11.9. The Hall–Kier alpha value is -0.430. The molecule has 1 aromatic rings. The van der Waals surface area contributed by atoms with Gasteiger partial charge in [-0.3, -0.25) is 4.79 Å². The molecule has 22 heavy (non-hydrogen) atoms. The summed E-state index contributed by atoms with van der Waals surface area (Å²) < 4.78 is 5.03. The summed E-state index contributed by atoms with van der Waals surface area (Å²) in [5, 5.41) is 8.76. The SMILES string of the molecule is O=C(CN1CC(O)CC1=O)Oc1c(Cl)c(Cl)c(Cl)c(Cl)c1Cl. The molecule has 1 unspecified atom stereocenters. The third kappa shape index (κ3) is 3.55. The molecule has 2 rings (SSSR count). The van der Waals surface area contributed by atoms with Gasteiger partial charge in [-0.2, -0.15) is 0 Å². The highest BCUT2D eigenvalue weighted by atomic mass is 35.5. The molecule has 1 atom stereocenters. The van der Waals surface area contributed by atoms with Crippen molar-refractivity contribution in [1.29, 1.82) is 0 Å². The summed E-state index contributed by atoms with van der Waals surface area (Å²) in [4.78, 5) is 24.6. The van der Waals surface area contributed by atoms with E-state index in [0.717, 1.165) is 4.90 Å². The summed E-state index contributed by atoms with van der Waals surface area (Å²) in [6.07, 6.45) is -0.834. The fraction of sp³-hybridized carbons (Fsp3) is 0.333. The van der Waals surface area contributed by atoms with Gasteiger partial charge in [-0.25, -0.2) is 4.79 Å². The quantitative estimate of drug-likeness (QED) is 0.361. The van der Waals surface area contributed by atoms with Crippen molar-refractivity contribution >= 4 is 69.9 Å². The molecule has 0 radical (unpaired) electrons. The van der Waals surface area contributed by atoms with Crippen LogP contribution in [-0.2, 0) is 9.59 Å². The zero-order valence-electron chi connectivity index (χ0n) is 10.7. The molecule has 1 aromatic carbocycles. The molecule has 1 N–H and O–H groups in total. The van der Waals surface area contributed by atoms with E-state index in [1.807, 2.05) is 0 Å². The lowest BCUT2D eigenvalue weighted by Gasteiger charge is -2.16. The Labute approximate surface area is 150 Å². The van der Waals surface area contributed by atoms with Crippen LogP contribution < -0.4 is 4.74 Å². The highest BCUT2D eigenvalue weighted by molar-refractivity contribution is 6.55. The number of nitrogens with zero attached hydrogens (tertiary/aromatic N) is 1. The standard InChI is InChI=1S/C12H8Cl5NO4/c13-7-8(14)10(16)12(11(17)9(7)15)22-6(21)3-18-2-4(19)1-5(18)20/h4,19H,1-3H2. The summed E-state index contributed by atoms with van der Waals surface area (Å²) in [5.41, 5.74) is 0. The molecule has 1 aliphatic heterocycles. The number of amides is 1. The molecule has 10 heteroatoms. The minimum absolute atomic E-state index is 0.0343. The molecule has 5 nitrogen and oxygen atoms in total. The predicted molar refractivity (Wildman–Crippen MR) is 84.3 cm³/mol. The molecule has 0 saturated carbocycles. The second-order valence-electron chi connectivity index (χ2n) is 4.51. The number of rotatable bonds is 3. The number of β-amino-alcohol motifs (C(OH)–C–C–N with tert-alkyl or cyclic N) is 1. The first-order valence-electron chi connectivity index (χ1n) is 5.90. The van der Waals surface area contributed by atoms with Gasteiger partial charge in [0.25, 0.3) is 0 Å². The molecule has 1 amide bonds. The topological polar surface area (TPSA) is 66.8 Å². The van der Waals surface area contributed by atoms with Crippen molar-refractivity contribution in [3.63, 3.8) is 0 Å². The lowest BCUT2D eigenvalue weighted by atomic mass is 10.3. The largest absolute Gasteiger partial charge is 0.422 e. The van der Waals surface area contributed by atoms with Crippen LogP contribution in [0.5, 0.6) is 5.75 Å². The second kappa shape index (κ2) is 6.99. The van der Waals surface area contributed by atoms with Gasteiger partial charge in [0, 0.05) is 6.54 Å². The molecular formula is C12H8Cl5NO4. The van der Waals surface area contributed by atoms with E-state index in [4.69, 9.17) is 62.7 Å². The molecule has 0 aliphatic carbocycles. The van der Waals surface area contributed by atoms with Gasteiger partial charge in [0.2, 0.25) is 5.91 Å². The van der Waals surface area contributed by atoms with E-state index in [1.165, 1.54) is 0 Å². The number of hydrogen-bond donors (Lipinski definition) is 1. The van der Waals surface area contributed by atoms with Crippen LogP contribution in [-0.4, -0.2) is 41.1 Å². The van der Waals surface area contributed by atoms with Crippen LogP contribution in [0, 0.1) is 0 Å². The molecule has 1 fully saturated rings. The molecule has 0 aromatic heterocycles. The molecule has 1 saturated heterocycles. The first-order chi connectivity index (χ1) is 10.2. The van der Waals surface area contributed by atoms with E-state index in [2.05, 4.69) is 0 Å². The number of carbonyl (C=O) groups excluding carboxylic acids is 2. The third-order valence-electron chi connectivity index (χ3n) is 2.90. The van der Waals surface area contributed by atoms with Gasteiger partial charge in [-0.05, 0) is 0 Å². The van der Waals surface area contributed by atoms with Crippen molar-refractivity contribution in [2.45, 2.75) is 12.5 Å². The van der Waals surface area contributed by atoms with Gasteiger partial charge >= 0.3 is 5.97 Å². The lowest BCUT2D eigenvalue weighted by Crippen LogP contribution is -2.34. The maximum absolute atomic E-state index is 11.9. The number of benzene rings is 1. The van der Waals surface area contributed by atoms with E-state index >= 15 is 0 Å². The number of aliphatic hydroxyl groups is 1. The predicted octanol–water partition coefficient (Wildman–Crippen LogP) is 3.45. The first kappa shape index (κ1) is 17.9. The monoisotopic (exact) mass is 405 g/mol. The van der Waals surface area contributed by atoms with Crippen molar-refractivity contribution in [3.8, 4) is 5.75 Å². The zero-order valence-corrected chi connectivity index (χ0v) is 14.5. The Kier molecular flexibility index (Phi) is 5.69. The number of carbonyl (C=O) groups is 2. The normalized spacial score (nSPS) is 18.0. The van der Waals surface area contributed by atoms with Crippen LogP contribution in [0.15, 0.2) is 0 Å². The number of aliphatic hydroxyl groups excluding tert-OH is 1. The smallest absolute Gasteiger partial charge is 0.331 e. The summed E-state index contributed by atoms with van der Waals surface area (Å²) >= 11 is 29.4. The highest BCUT2D eigenvalue weighted by Crippen LogP contribution is 2.48. The molecule has 1 heterocycles. The average molecular weight is 407 g/mol. The Bertz CT molecular complexity index is 622. The minimum atomic E-state index is -0.805. The van der Waals surface area contributed by atoms with Crippen molar-refractivity contribution < 1.29 is 19.4 Å². The Morgan fingerprint density at radius 2 is 1.59 bits per heavy atom. The maximum Gasteiger partial charge on any atom is 0.331 e. The molecule has 0 bridgehead atoms. The van der Waals surface area contributed by atoms with Crippen LogP contribution in [0.25, 0.3) is 0 Å². The van der Waals surface area contributed by atoms with Gasteiger partial charge in [0.15, 0.2) is 5.75 Å². The first-order valence-corrected chi connectivity index (χ1v) is 7.79. The van der Waals surface area contributed by atoms with Gasteiger partial charge in [-0.1, -0.05) is 58.0 Å². The third-order valence-corrected chi connectivity index (χ3v) is 5.14. The van der Waals surface area contributed by atoms with Crippen molar-refractivity contribution in [3.05, 3.63) is 25.1 Å². The summed E-state index contributed by atoms with van der Waals surface area (Å²) in [7, 11) is 0. The molecular weight excluding hydrogens is 399 g/mol. The zero-order chi connectivity index (χ0) is 16.6. The van der Waals surface area contributed by atoms with E-state index in [1.54, 1.807) is 0 Å².